The first-order valence-corrected chi connectivity index (χ1v) is 8.17. The Bertz CT molecular complexity index is 682. The summed E-state index contributed by atoms with van der Waals surface area (Å²) in [6, 6.07) is 6.35. The summed E-state index contributed by atoms with van der Waals surface area (Å²) in [5.74, 6) is -0.0208. The smallest absolute Gasteiger partial charge is 0.277 e. The molecule has 0 aliphatic heterocycles. The fourth-order valence-electron chi connectivity index (χ4n) is 1.73. The van der Waals surface area contributed by atoms with Gasteiger partial charge in [-0.2, -0.15) is 0 Å². The van der Waals surface area contributed by atoms with Crippen molar-refractivity contribution in [1.82, 2.24) is 15.5 Å². The molecule has 5 nitrogen and oxygen atoms in total. The molecule has 1 N–H and O–H groups in total. The Kier molecular flexibility index (Phi) is 5.41. The molecule has 1 amide bonds. The van der Waals surface area contributed by atoms with Crippen molar-refractivity contribution in [2.45, 2.75) is 50.1 Å². The summed E-state index contributed by atoms with van der Waals surface area (Å²) in [7, 11) is 0. The molecule has 2 rings (SSSR count). The number of halogens is 1. The molecule has 1 atom stereocenters. The second kappa shape index (κ2) is 7.12. The Labute approximate surface area is 139 Å². The zero-order valence-electron chi connectivity index (χ0n) is 13.6. The van der Waals surface area contributed by atoms with E-state index in [9.17, 15) is 9.18 Å². The maximum Gasteiger partial charge on any atom is 0.277 e. The van der Waals surface area contributed by atoms with Crippen LogP contribution in [0.3, 0.4) is 0 Å². The number of hydrogen-bond donors (Lipinski definition) is 1. The van der Waals surface area contributed by atoms with E-state index in [4.69, 9.17) is 4.42 Å². The molecular formula is C16H20FN3O2S. The molecule has 0 saturated heterocycles. The van der Waals surface area contributed by atoms with E-state index in [-0.39, 0.29) is 23.7 Å². The Morgan fingerprint density at radius 2 is 2.04 bits per heavy atom. The molecular weight excluding hydrogens is 317 g/mol. The summed E-state index contributed by atoms with van der Waals surface area (Å²) >= 11 is 1.18. The van der Waals surface area contributed by atoms with Gasteiger partial charge < -0.3 is 9.73 Å². The zero-order valence-corrected chi connectivity index (χ0v) is 14.4. The zero-order chi connectivity index (χ0) is 17.0. The maximum atomic E-state index is 13.5. The van der Waals surface area contributed by atoms with E-state index in [0.29, 0.717) is 16.7 Å². The molecule has 0 fully saturated rings. The lowest BCUT2D eigenvalue weighted by Gasteiger charge is -2.12. The highest BCUT2D eigenvalue weighted by Gasteiger charge is 2.24. The minimum atomic E-state index is -0.421. The van der Waals surface area contributed by atoms with E-state index < -0.39 is 5.25 Å². The summed E-state index contributed by atoms with van der Waals surface area (Å²) in [4.78, 5) is 12.1. The van der Waals surface area contributed by atoms with Crippen molar-refractivity contribution in [1.29, 1.82) is 0 Å². The van der Waals surface area contributed by atoms with Crippen LogP contribution in [0.15, 0.2) is 33.9 Å². The molecule has 1 aromatic carbocycles. The monoisotopic (exact) mass is 337 g/mol. The van der Waals surface area contributed by atoms with Crippen LogP contribution in [0.2, 0.25) is 0 Å². The Balaban J connectivity index is 1.90. The molecule has 1 unspecified atom stereocenters. The third-order valence-electron chi connectivity index (χ3n) is 3.11. The molecule has 1 aromatic heterocycles. The van der Waals surface area contributed by atoms with Gasteiger partial charge in [-0.15, -0.1) is 10.2 Å². The lowest BCUT2D eigenvalue weighted by molar-refractivity contribution is -0.120. The molecule has 23 heavy (non-hydrogen) atoms. The number of carbonyl (C=O) groups excluding carboxylic acids is 1. The van der Waals surface area contributed by atoms with E-state index in [0.717, 1.165) is 0 Å². The average molecular weight is 337 g/mol. The van der Waals surface area contributed by atoms with Gasteiger partial charge in [0.05, 0.1) is 5.25 Å². The van der Waals surface area contributed by atoms with Crippen molar-refractivity contribution in [3.63, 3.8) is 0 Å². The van der Waals surface area contributed by atoms with Gasteiger partial charge in [-0.3, -0.25) is 4.79 Å². The fourth-order valence-corrected chi connectivity index (χ4v) is 2.44. The first-order chi connectivity index (χ1) is 10.8. The van der Waals surface area contributed by atoms with Crippen molar-refractivity contribution < 1.29 is 13.6 Å². The van der Waals surface area contributed by atoms with Crippen LogP contribution in [0.1, 0.15) is 39.1 Å². The van der Waals surface area contributed by atoms with Crippen molar-refractivity contribution in [3.05, 3.63) is 41.5 Å². The normalized spacial score (nSPS) is 12.9. The van der Waals surface area contributed by atoms with E-state index in [2.05, 4.69) is 15.5 Å². The molecule has 0 saturated carbocycles. The van der Waals surface area contributed by atoms with Crippen LogP contribution in [0.4, 0.5) is 4.39 Å². The van der Waals surface area contributed by atoms with Crippen LogP contribution in [-0.4, -0.2) is 21.4 Å². The second-order valence-electron chi connectivity index (χ2n) is 6.19. The third kappa shape index (κ3) is 4.79. The molecule has 124 valence electrons. The van der Waals surface area contributed by atoms with Crippen LogP contribution in [0.25, 0.3) is 0 Å². The van der Waals surface area contributed by atoms with Crippen LogP contribution in [-0.2, 0) is 16.8 Å². The summed E-state index contributed by atoms with van der Waals surface area (Å²) in [5, 5.41) is 10.6. The number of benzene rings is 1. The number of thioether (sulfide) groups is 1. The topological polar surface area (TPSA) is 68.0 Å². The Morgan fingerprint density at radius 3 is 2.65 bits per heavy atom. The van der Waals surface area contributed by atoms with Crippen LogP contribution in [0, 0.1) is 5.82 Å². The third-order valence-corrected chi connectivity index (χ3v) is 4.04. The molecule has 0 radical (unpaired) electrons. The second-order valence-corrected chi connectivity index (χ2v) is 7.48. The fraction of sp³-hybridized carbons (Fsp3) is 0.438. The lowest BCUT2D eigenvalue weighted by Crippen LogP contribution is -2.30. The number of amides is 1. The van der Waals surface area contributed by atoms with Gasteiger partial charge in [-0.05, 0) is 13.0 Å². The SMILES string of the molecule is CC(Sc1nnc(C(C)(C)C)o1)C(=O)NCc1ccccc1F. The first-order valence-electron chi connectivity index (χ1n) is 7.29. The standard InChI is InChI=1S/C16H20FN3O2S/c1-10(23-15-20-19-14(22-15)16(2,3)4)13(21)18-9-11-7-5-6-8-12(11)17/h5-8,10H,9H2,1-4H3,(H,18,21). The van der Waals surface area contributed by atoms with E-state index in [1.807, 2.05) is 20.8 Å². The van der Waals surface area contributed by atoms with Gasteiger partial charge in [0.2, 0.25) is 11.8 Å². The van der Waals surface area contributed by atoms with Gasteiger partial charge in [0.25, 0.3) is 5.22 Å². The molecule has 0 spiro atoms. The minimum absolute atomic E-state index is 0.146. The number of nitrogens with zero attached hydrogens (tertiary/aromatic N) is 2. The average Bonchev–Trinajstić information content (AvgIpc) is 2.94. The van der Waals surface area contributed by atoms with Crippen molar-refractivity contribution in [2.75, 3.05) is 0 Å². The quantitative estimate of drug-likeness (QED) is 0.848. The minimum Gasteiger partial charge on any atom is -0.415 e. The van der Waals surface area contributed by atoms with Crippen LogP contribution in [0.5, 0.6) is 0 Å². The highest BCUT2D eigenvalue weighted by atomic mass is 32.2. The van der Waals surface area contributed by atoms with Gasteiger partial charge in [0.15, 0.2) is 0 Å². The van der Waals surface area contributed by atoms with Gasteiger partial charge in [-0.25, -0.2) is 4.39 Å². The van der Waals surface area contributed by atoms with Gasteiger partial charge >= 0.3 is 0 Å². The summed E-state index contributed by atoms with van der Waals surface area (Å²) in [5.41, 5.74) is 0.216. The maximum absolute atomic E-state index is 13.5. The van der Waals surface area contributed by atoms with E-state index >= 15 is 0 Å². The Hall–Kier alpha value is -1.89. The number of nitrogens with one attached hydrogen (secondary N) is 1. The summed E-state index contributed by atoms with van der Waals surface area (Å²) in [6.45, 7) is 7.80. The molecule has 0 aliphatic rings. The first kappa shape index (κ1) is 17.5. The van der Waals surface area contributed by atoms with Gasteiger partial charge in [0.1, 0.15) is 5.82 Å². The van der Waals surface area contributed by atoms with Gasteiger partial charge in [-0.1, -0.05) is 50.7 Å². The highest BCUT2D eigenvalue weighted by Crippen LogP contribution is 2.27. The lowest BCUT2D eigenvalue weighted by atomic mass is 9.97. The van der Waals surface area contributed by atoms with E-state index in [1.54, 1.807) is 25.1 Å². The van der Waals surface area contributed by atoms with E-state index in [1.165, 1.54) is 17.8 Å². The molecule has 1 heterocycles. The predicted molar refractivity (Wildman–Crippen MR) is 86.6 cm³/mol. The summed E-state index contributed by atoms with van der Waals surface area (Å²) in [6.07, 6.45) is 0. The Morgan fingerprint density at radius 1 is 1.35 bits per heavy atom. The number of rotatable bonds is 5. The van der Waals surface area contributed by atoms with Gasteiger partial charge in [0, 0.05) is 17.5 Å². The molecule has 0 bridgehead atoms. The van der Waals surface area contributed by atoms with Crippen molar-refractivity contribution >= 4 is 17.7 Å². The highest BCUT2D eigenvalue weighted by molar-refractivity contribution is 8.00. The number of aromatic nitrogens is 2. The molecule has 0 aliphatic carbocycles. The predicted octanol–water partition coefficient (Wildman–Crippen LogP) is 3.30. The summed E-state index contributed by atoms with van der Waals surface area (Å²) < 4.78 is 19.1. The molecule has 2 aromatic rings. The number of hydrogen-bond acceptors (Lipinski definition) is 5. The number of carbonyl (C=O) groups is 1. The van der Waals surface area contributed by atoms with Crippen molar-refractivity contribution in [2.24, 2.45) is 0 Å². The van der Waals surface area contributed by atoms with Crippen LogP contribution < -0.4 is 5.32 Å². The van der Waals surface area contributed by atoms with Crippen molar-refractivity contribution in [3.8, 4) is 0 Å². The largest absolute Gasteiger partial charge is 0.415 e. The van der Waals surface area contributed by atoms with Crippen LogP contribution >= 0.6 is 11.8 Å². The molecule has 7 heteroatoms.